The van der Waals surface area contributed by atoms with E-state index >= 15 is 0 Å². The highest BCUT2D eigenvalue weighted by Gasteiger charge is 2.28. The van der Waals surface area contributed by atoms with Gasteiger partial charge in [0.05, 0.1) is 12.2 Å². The van der Waals surface area contributed by atoms with Crippen molar-refractivity contribution >= 4 is 0 Å². The van der Waals surface area contributed by atoms with Crippen LogP contribution in [0.3, 0.4) is 0 Å². The van der Waals surface area contributed by atoms with Crippen molar-refractivity contribution in [1.29, 1.82) is 0 Å². The van der Waals surface area contributed by atoms with Gasteiger partial charge in [-0.2, -0.15) is 0 Å². The second-order valence-electron chi connectivity index (χ2n) is 4.02. The summed E-state index contributed by atoms with van der Waals surface area (Å²) in [6.07, 6.45) is -0.748. The molecule has 0 aliphatic heterocycles. The van der Waals surface area contributed by atoms with Crippen molar-refractivity contribution < 1.29 is 20.4 Å². The molecule has 0 aromatic carbocycles. The molecule has 0 fully saturated rings. The standard InChI is InChI=1S/C11H24O4/c1-3-5-6-7-9(13)11(15)10(14)8(12)4-2/h8-15H,3-7H2,1-2H3. The predicted octanol–water partition coefficient (Wildman–Crippen LogP) is 0.420. The van der Waals surface area contributed by atoms with Gasteiger partial charge in [0, 0.05) is 0 Å². The third-order valence-corrected chi connectivity index (χ3v) is 2.66. The normalized spacial score (nSPS) is 19.6. The SMILES string of the molecule is CCCCCC(O)C(O)C(O)C(O)CC. The predicted molar refractivity (Wildman–Crippen MR) is 58.5 cm³/mol. The average molecular weight is 220 g/mol. The van der Waals surface area contributed by atoms with Gasteiger partial charge in [-0.3, -0.25) is 0 Å². The molecule has 0 heterocycles. The van der Waals surface area contributed by atoms with E-state index in [4.69, 9.17) is 0 Å². The lowest BCUT2D eigenvalue weighted by Gasteiger charge is -2.25. The maximum atomic E-state index is 9.54. The summed E-state index contributed by atoms with van der Waals surface area (Å²) in [5.41, 5.74) is 0. The Balaban J connectivity index is 3.90. The summed E-state index contributed by atoms with van der Waals surface area (Å²) in [4.78, 5) is 0. The summed E-state index contributed by atoms with van der Waals surface area (Å²) in [6, 6.07) is 0. The Morgan fingerprint density at radius 2 is 1.33 bits per heavy atom. The quantitative estimate of drug-likeness (QED) is 0.447. The van der Waals surface area contributed by atoms with Crippen LogP contribution in [-0.4, -0.2) is 44.8 Å². The Kier molecular flexibility index (Phi) is 7.96. The van der Waals surface area contributed by atoms with Crippen LogP contribution in [0.25, 0.3) is 0 Å². The van der Waals surface area contributed by atoms with E-state index in [0.29, 0.717) is 12.8 Å². The summed E-state index contributed by atoms with van der Waals surface area (Å²) in [5.74, 6) is 0. The molecule has 0 aliphatic rings. The molecule has 0 aromatic heterocycles. The highest BCUT2D eigenvalue weighted by molar-refractivity contribution is 4.80. The molecule has 0 aromatic rings. The number of aliphatic hydroxyl groups excluding tert-OH is 4. The molecule has 0 aliphatic carbocycles. The monoisotopic (exact) mass is 220 g/mol. The van der Waals surface area contributed by atoms with Gasteiger partial charge in [-0.1, -0.05) is 33.1 Å². The summed E-state index contributed by atoms with van der Waals surface area (Å²) in [7, 11) is 0. The van der Waals surface area contributed by atoms with E-state index in [2.05, 4.69) is 6.92 Å². The van der Waals surface area contributed by atoms with Crippen molar-refractivity contribution in [2.75, 3.05) is 0 Å². The molecule has 4 N–H and O–H groups in total. The van der Waals surface area contributed by atoms with Crippen LogP contribution in [0, 0.1) is 0 Å². The molecule has 92 valence electrons. The number of aliphatic hydroxyl groups is 4. The smallest absolute Gasteiger partial charge is 0.108 e. The van der Waals surface area contributed by atoms with E-state index in [1.807, 2.05) is 0 Å². The first-order valence-electron chi connectivity index (χ1n) is 5.76. The van der Waals surface area contributed by atoms with E-state index in [1.54, 1.807) is 6.92 Å². The maximum Gasteiger partial charge on any atom is 0.108 e. The Bertz CT molecular complexity index is 152. The van der Waals surface area contributed by atoms with E-state index in [1.165, 1.54) is 0 Å². The van der Waals surface area contributed by atoms with Crippen LogP contribution in [-0.2, 0) is 0 Å². The highest BCUT2D eigenvalue weighted by atomic mass is 16.4. The van der Waals surface area contributed by atoms with Gasteiger partial charge in [-0.05, 0) is 12.8 Å². The molecule has 4 heteroatoms. The zero-order chi connectivity index (χ0) is 11.8. The molecule has 4 unspecified atom stereocenters. The van der Waals surface area contributed by atoms with Crippen molar-refractivity contribution in [1.82, 2.24) is 0 Å². The minimum Gasteiger partial charge on any atom is -0.390 e. The lowest BCUT2D eigenvalue weighted by molar-refractivity contribution is -0.107. The van der Waals surface area contributed by atoms with Gasteiger partial charge in [-0.25, -0.2) is 0 Å². The molecular weight excluding hydrogens is 196 g/mol. The molecule has 0 saturated carbocycles. The molecule has 4 nitrogen and oxygen atoms in total. The van der Waals surface area contributed by atoms with Crippen LogP contribution in [0.4, 0.5) is 0 Å². The Hall–Kier alpha value is -0.160. The van der Waals surface area contributed by atoms with Crippen LogP contribution in [0.1, 0.15) is 46.0 Å². The summed E-state index contributed by atoms with van der Waals surface area (Å²) in [5, 5.41) is 37.8. The molecular formula is C11H24O4. The van der Waals surface area contributed by atoms with Crippen molar-refractivity contribution in [3.05, 3.63) is 0 Å². The molecule has 0 bridgehead atoms. The van der Waals surface area contributed by atoms with Gasteiger partial charge in [0.1, 0.15) is 12.2 Å². The number of rotatable bonds is 8. The van der Waals surface area contributed by atoms with Gasteiger partial charge in [-0.15, -0.1) is 0 Å². The van der Waals surface area contributed by atoms with Crippen LogP contribution in [0.5, 0.6) is 0 Å². The fourth-order valence-corrected chi connectivity index (χ4v) is 1.47. The summed E-state index contributed by atoms with van der Waals surface area (Å²) < 4.78 is 0. The van der Waals surface area contributed by atoms with Crippen LogP contribution in [0.15, 0.2) is 0 Å². The minimum atomic E-state index is -1.26. The Labute approximate surface area is 91.6 Å². The molecule has 0 radical (unpaired) electrons. The van der Waals surface area contributed by atoms with E-state index < -0.39 is 24.4 Å². The number of hydrogen-bond acceptors (Lipinski definition) is 4. The van der Waals surface area contributed by atoms with Crippen molar-refractivity contribution in [2.45, 2.75) is 70.4 Å². The fourth-order valence-electron chi connectivity index (χ4n) is 1.47. The number of unbranched alkanes of at least 4 members (excludes halogenated alkanes) is 2. The Morgan fingerprint density at radius 3 is 1.80 bits per heavy atom. The molecule has 4 atom stereocenters. The largest absolute Gasteiger partial charge is 0.390 e. The lowest BCUT2D eigenvalue weighted by atomic mass is 9.98. The van der Waals surface area contributed by atoms with E-state index in [9.17, 15) is 20.4 Å². The van der Waals surface area contributed by atoms with Crippen molar-refractivity contribution in [3.63, 3.8) is 0 Å². The first-order chi connectivity index (χ1) is 7.04. The first kappa shape index (κ1) is 14.8. The number of hydrogen-bond donors (Lipinski definition) is 4. The zero-order valence-corrected chi connectivity index (χ0v) is 9.63. The second kappa shape index (κ2) is 8.05. The summed E-state index contributed by atoms with van der Waals surface area (Å²) >= 11 is 0. The third kappa shape index (κ3) is 5.47. The van der Waals surface area contributed by atoms with Gasteiger partial charge < -0.3 is 20.4 Å². The minimum absolute atomic E-state index is 0.361. The third-order valence-electron chi connectivity index (χ3n) is 2.66. The second-order valence-corrected chi connectivity index (χ2v) is 4.02. The Morgan fingerprint density at radius 1 is 0.800 bits per heavy atom. The van der Waals surface area contributed by atoms with Crippen LogP contribution in [0.2, 0.25) is 0 Å². The fraction of sp³-hybridized carbons (Fsp3) is 1.00. The molecule has 15 heavy (non-hydrogen) atoms. The van der Waals surface area contributed by atoms with Gasteiger partial charge in [0.25, 0.3) is 0 Å². The zero-order valence-electron chi connectivity index (χ0n) is 9.63. The topological polar surface area (TPSA) is 80.9 Å². The van der Waals surface area contributed by atoms with Gasteiger partial charge in [0.15, 0.2) is 0 Å². The molecule has 0 saturated heterocycles. The van der Waals surface area contributed by atoms with Crippen molar-refractivity contribution in [3.8, 4) is 0 Å². The van der Waals surface area contributed by atoms with Crippen LogP contribution < -0.4 is 0 Å². The van der Waals surface area contributed by atoms with E-state index in [0.717, 1.165) is 19.3 Å². The molecule has 0 rings (SSSR count). The van der Waals surface area contributed by atoms with Gasteiger partial charge in [0.2, 0.25) is 0 Å². The first-order valence-corrected chi connectivity index (χ1v) is 5.76. The van der Waals surface area contributed by atoms with Crippen LogP contribution >= 0.6 is 0 Å². The lowest BCUT2D eigenvalue weighted by Crippen LogP contribution is -2.44. The molecule has 0 spiro atoms. The summed E-state index contributed by atoms with van der Waals surface area (Å²) in [6.45, 7) is 3.77. The van der Waals surface area contributed by atoms with Crippen molar-refractivity contribution in [2.24, 2.45) is 0 Å². The van der Waals surface area contributed by atoms with E-state index in [-0.39, 0.29) is 0 Å². The van der Waals surface area contributed by atoms with Gasteiger partial charge >= 0.3 is 0 Å². The maximum absolute atomic E-state index is 9.54. The average Bonchev–Trinajstić information content (AvgIpc) is 2.26. The molecule has 0 amide bonds. The highest BCUT2D eigenvalue weighted by Crippen LogP contribution is 2.12.